The van der Waals surface area contributed by atoms with Gasteiger partial charge in [-0.3, -0.25) is 33.2 Å². The molecular formula is C26H31F2N4O10P. The summed E-state index contributed by atoms with van der Waals surface area (Å²) in [7, 11) is -1.25. The van der Waals surface area contributed by atoms with E-state index < -0.39 is 78.6 Å². The summed E-state index contributed by atoms with van der Waals surface area (Å²) >= 11 is 0. The Bertz CT molecular complexity index is 1500. The third kappa shape index (κ3) is 6.65. The van der Waals surface area contributed by atoms with Gasteiger partial charge in [-0.25, -0.2) is 13.6 Å². The van der Waals surface area contributed by atoms with E-state index in [1.807, 2.05) is 0 Å². The monoisotopic (exact) mass is 628 g/mol. The van der Waals surface area contributed by atoms with Gasteiger partial charge in [-0.05, 0) is 19.9 Å². The number of carbonyl (C=O) groups excluding carboxylic acids is 3. The number of pyridine rings is 1. The van der Waals surface area contributed by atoms with Crippen LogP contribution in [0.1, 0.15) is 46.7 Å². The van der Waals surface area contributed by atoms with Crippen LogP contribution < -0.4 is 15.8 Å². The first-order valence-electron chi connectivity index (χ1n) is 13.2. The smallest absolute Gasteiger partial charge is 0.502 e. The predicted octanol–water partition coefficient (Wildman–Crippen LogP) is 1.91. The number of fused-ring (bicyclic) bond motifs is 1. The lowest BCUT2D eigenvalue weighted by molar-refractivity contribution is -0.00587. The van der Waals surface area contributed by atoms with Crippen molar-refractivity contribution in [2.24, 2.45) is 0 Å². The van der Waals surface area contributed by atoms with E-state index in [0.717, 1.165) is 18.3 Å². The molecule has 0 bridgehead atoms. The second-order valence-corrected chi connectivity index (χ2v) is 11.6. The maximum absolute atomic E-state index is 14.0. The summed E-state index contributed by atoms with van der Waals surface area (Å²) in [5, 5.41) is 14.7. The number of benzene rings is 1. The molecule has 1 aromatic carbocycles. The highest BCUT2D eigenvalue weighted by atomic mass is 31.1. The van der Waals surface area contributed by atoms with Gasteiger partial charge in [0, 0.05) is 50.5 Å². The molecule has 1 aromatic heterocycles. The molecule has 1 saturated heterocycles. The standard InChI is InChI=1S/C26H31F2N4O10P/c1-15(2)42-25(37)40-14-41-43(38)9-7-31-24(36)20-22(34)21(33)18(12-32(20)30(3)26(31)6-8-39-13-26)23(35)29-11-16-4-5-17(27)10-19(16)28/h4-5,10,12,15,34,43H,6-9,11,13-14H2,1-3H3,(H,29,35). The zero-order chi connectivity index (χ0) is 31.5. The quantitative estimate of drug-likeness (QED) is 0.224. The fraction of sp³-hybridized carbons (Fsp3) is 0.462. The fourth-order valence-electron chi connectivity index (χ4n) is 4.78. The van der Waals surface area contributed by atoms with Crippen LogP contribution in [0.4, 0.5) is 13.6 Å². The van der Waals surface area contributed by atoms with Gasteiger partial charge >= 0.3 is 6.16 Å². The van der Waals surface area contributed by atoms with Crippen LogP contribution in [0.15, 0.2) is 29.2 Å². The molecule has 0 radical (unpaired) electrons. The Labute approximate surface area is 244 Å². The first-order chi connectivity index (χ1) is 20.4. The molecular weight excluding hydrogens is 597 g/mol. The molecule has 2 aromatic rings. The van der Waals surface area contributed by atoms with Crippen molar-refractivity contribution in [3.63, 3.8) is 0 Å². The SMILES string of the molecule is CC(C)OC(=O)OCO[PH](=O)CCN1C(=O)c2c(O)c(=O)c(C(=O)NCc3ccc(F)cc3F)cn2N(C)C12CCOC2. The van der Waals surface area contributed by atoms with Gasteiger partial charge in [0.2, 0.25) is 12.2 Å². The lowest BCUT2D eigenvalue weighted by atomic mass is 10.0. The number of aromatic nitrogens is 1. The van der Waals surface area contributed by atoms with Crippen LogP contribution in [0.2, 0.25) is 0 Å². The normalized spacial score (nSPS) is 18.6. The Balaban J connectivity index is 1.53. The van der Waals surface area contributed by atoms with Crippen molar-refractivity contribution in [3.05, 3.63) is 63.1 Å². The van der Waals surface area contributed by atoms with Gasteiger partial charge in [0.1, 0.15) is 17.2 Å². The molecule has 2 amide bonds. The topological polar surface area (TPSA) is 166 Å². The largest absolute Gasteiger partial charge is 0.510 e. The number of ether oxygens (including phenoxy) is 3. The van der Waals surface area contributed by atoms with Crippen LogP contribution in [0.3, 0.4) is 0 Å². The molecule has 234 valence electrons. The molecule has 17 heteroatoms. The lowest BCUT2D eigenvalue weighted by Crippen LogP contribution is -2.70. The maximum atomic E-state index is 14.0. The lowest BCUT2D eigenvalue weighted by Gasteiger charge is -2.51. The zero-order valence-electron chi connectivity index (χ0n) is 23.6. The highest BCUT2D eigenvalue weighted by molar-refractivity contribution is 7.39. The first-order valence-corrected chi connectivity index (χ1v) is 14.7. The van der Waals surface area contributed by atoms with E-state index in [2.05, 4.69) is 5.32 Å². The molecule has 1 fully saturated rings. The second-order valence-electron chi connectivity index (χ2n) is 10.0. The van der Waals surface area contributed by atoms with E-state index in [0.29, 0.717) is 12.5 Å². The zero-order valence-corrected chi connectivity index (χ0v) is 24.6. The number of amides is 2. The summed E-state index contributed by atoms with van der Waals surface area (Å²) < 4.78 is 61.1. The summed E-state index contributed by atoms with van der Waals surface area (Å²) in [6.07, 6.45) is -0.186. The fourth-order valence-corrected chi connectivity index (χ4v) is 5.52. The van der Waals surface area contributed by atoms with Crippen molar-refractivity contribution in [2.75, 3.05) is 44.8 Å². The molecule has 0 aliphatic carbocycles. The number of nitrogens with zero attached hydrogens (tertiary/aromatic N) is 3. The van der Waals surface area contributed by atoms with E-state index in [-0.39, 0.29) is 38.0 Å². The molecule has 14 nitrogen and oxygen atoms in total. The third-order valence-corrected chi connectivity index (χ3v) is 8.06. The van der Waals surface area contributed by atoms with E-state index in [1.54, 1.807) is 20.9 Å². The summed E-state index contributed by atoms with van der Waals surface area (Å²) in [6, 6.07) is 2.80. The molecule has 2 aliphatic rings. The molecule has 1 spiro atoms. The van der Waals surface area contributed by atoms with Gasteiger partial charge in [0.15, 0.2) is 25.1 Å². The summed E-state index contributed by atoms with van der Waals surface area (Å²) in [6.45, 7) is 2.38. The highest BCUT2D eigenvalue weighted by Crippen LogP contribution is 2.37. The van der Waals surface area contributed by atoms with Crippen molar-refractivity contribution < 1.29 is 51.6 Å². The van der Waals surface area contributed by atoms with Gasteiger partial charge in [0.25, 0.3) is 11.8 Å². The van der Waals surface area contributed by atoms with Crippen LogP contribution in [0.25, 0.3) is 0 Å². The molecule has 0 saturated carbocycles. The molecule has 3 heterocycles. The number of nitrogens with one attached hydrogen (secondary N) is 1. The van der Waals surface area contributed by atoms with E-state index in [1.165, 1.54) is 14.6 Å². The Morgan fingerprint density at radius 3 is 2.65 bits per heavy atom. The summed E-state index contributed by atoms with van der Waals surface area (Å²) in [4.78, 5) is 52.4. The second kappa shape index (κ2) is 13.1. The first kappa shape index (κ1) is 31.9. The maximum Gasteiger partial charge on any atom is 0.510 e. The van der Waals surface area contributed by atoms with E-state index in [9.17, 15) is 37.6 Å². The third-order valence-electron chi connectivity index (χ3n) is 6.99. The van der Waals surface area contributed by atoms with Gasteiger partial charge in [0.05, 0.1) is 19.3 Å². The number of halogens is 2. The minimum absolute atomic E-state index is 0.0128. The van der Waals surface area contributed by atoms with E-state index >= 15 is 0 Å². The predicted molar refractivity (Wildman–Crippen MR) is 146 cm³/mol. The van der Waals surface area contributed by atoms with Gasteiger partial charge in [-0.15, -0.1) is 0 Å². The Hall–Kier alpha value is -4.01. The van der Waals surface area contributed by atoms with Crippen LogP contribution in [-0.2, 0) is 29.8 Å². The average Bonchev–Trinajstić information content (AvgIpc) is 3.42. The van der Waals surface area contributed by atoms with Crippen LogP contribution in [-0.4, -0.2) is 84.2 Å². The van der Waals surface area contributed by atoms with Gasteiger partial charge in [-0.2, -0.15) is 0 Å². The summed E-state index contributed by atoms with van der Waals surface area (Å²) in [5.41, 5.74) is -3.29. The molecule has 2 N–H and O–H groups in total. The van der Waals surface area contributed by atoms with Crippen molar-refractivity contribution in [2.45, 2.75) is 38.6 Å². The number of hydrogen-bond acceptors (Lipinski definition) is 11. The molecule has 2 atom stereocenters. The Morgan fingerprint density at radius 2 is 2.00 bits per heavy atom. The number of carbonyl (C=O) groups is 3. The number of aromatic hydroxyl groups is 1. The highest BCUT2D eigenvalue weighted by Gasteiger charge is 2.52. The minimum atomic E-state index is -2.81. The van der Waals surface area contributed by atoms with Crippen LogP contribution in [0, 0.1) is 11.6 Å². The Kier molecular flexibility index (Phi) is 9.72. The van der Waals surface area contributed by atoms with Gasteiger partial charge in [-0.1, -0.05) is 6.07 Å². The molecule has 2 unspecified atom stereocenters. The van der Waals surface area contributed by atoms with Crippen molar-refractivity contribution in [1.82, 2.24) is 14.9 Å². The Morgan fingerprint density at radius 1 is 1.26 bits per heavy atom. The van der Waals surface area contributed by atoms with Gasteiger partial charge < -0.3 is 29.5 Å². The molecule has 43 heavy (non-hydrogen) atoms. The molecule has 4 rings (SSSR count). The minimum Gasteiger partial charge on any atom is -0.502 e. The van der Waals surface area contributed by atoms with Crippen molar-refractivity contribution >= 4 is 26.0 Å². The number of likely N-dealkylation sites (N-methyl/N-ethyl adjacent to an activating group) is 1. The summed E-state index contributed by atoms with van der Waals surface area (Å²) in [5.74, 6) is -4.44. The van der Waals surface area contributed by atoms with Crippen LogP contribution >= 0.6 is 8.03 Å². The number of rotatable bonds is 10. The van der Waals surface area contributed by atoms with E-state index in [4.69, 9.17) is 18.7 Å². The van der Waals surface area contributed by atoms with Crippen molar-refractivity contribution in [1.29, 1.82) is 0 Å². The average molecular weight is 629 g/mol. The number of hydrogen-bond donors (Lipinski definition) is 2. The van der Waals surface area contributed by atoms with Crippen molar-refractivity contribution in [3.8, 4) is 5.75 Å². The van der Waals surface area contributed by atoms with Crippen LogP contribution in [0.5, 0.6) is 5.75 Å². The molecule has 2 aliphatic heterocycles.